The number of hydrogen-bond donors (Lipinski definition) is 1. The summed E-state index contributed by atoms with van der Waals surface area (Å²) in [4.78, 5) is 25.4. The minimum absolute atomic E-state index is 0.0583. The molecule has 23 heavy (non-hydrogen) atoms. The normalized spacial score (nSPS) is 45.8. The van der Waals surface area contributed by atoms with Crippen molar-refractivity contribution >= 4 is 11.6 Å². The number of Topliss-reactive ketones (excluding diaryl/α,β-unsaturated/α-hetero) is 1. The molecule has 1 N–H and O–H groups in total. The summed E-state index contributed by atoms with van der Waals surface area (Å²) in [6.07, 6.45) is 4.94. The van der Waals surface area contributed by atoms with Gasteiger partial charge in [0, 0.05) is 11.3 Å². The van der Waals surface area contributed by atoms with Crippen LogP contribution in [0, 0.1) is 34.5 Å². The van der Waals surface area contributed by atoms with E-state index in [4.69, 9.17) is 0 Å². The van der Waals surface area contributed by atoms with Gasteiger partial charge >= 0.3 is 0 Å². The van der Waals surface area contributed by atoms with Crippen LogP contribution in [-0.2, 0) is 9.59 Å². The molecule has 3 rings (SSSR count). The summed E-state index contributed by atoms with van der Waals surface area (Å²) in [6, 6.07) is 0. The first-order valence-corrected chi connectivity index (χ1v) is 8.75. The van der Waals surface area contributed by atoms with E-state index in [1.54, 1.807) is 12.2 Å². The fourth-order valence-corrected chi connectivity index (χ4v) is 6.08. The van der Waals surface area contributed by atoms with Crippen molar-refractivity contribution in [2.24, 2.45) is 34.5 Å². The van der Waals surface area contributed by atoms with Crippen molar-refractivity contribution in [1.82, 2.24) is 0 Å². The van der Waals surface area contributed by atoms with Crippen LogP contribution in [0.1, 0.15) is 47.0 Å². The van der Waals surface area contributed by atoms with Gasteiger partial charge in [-0.1, -0.05) is 40.3 Å². The molecule has 3 heteroatoms. The molecular formula is C20H28O3. The van der Waals surface area contributed by atoms with Gasteiger partial charge in [0.05, 0.1) is 0 Å². The zero-order chi connectivity index (χ0) is 17.2. The molecule has 0 saturated heterocycles. The highest BCUT2D eigenvalue weighted by Gasteiger charge is 2.62. The number of fused-ring (bicyclic) bond motifs is 3. The van der Waals surface area contributed by atoms with Crippen molar-refractivity contribution in [1.29, 1.82) is 0 Å². The molecule has 0 aliphatic heterocycles. The number of aliphatic hydroxyl groups excluding tert-OH is 1. The summed E-state index contributed by atoms with van der Waals surface area (Å²) in [5.41, 5.74) is 0.155. The molecule has 0 unspecified atom stereocenters. The van der Waals surface area contributed by atoms with E-state index < -0.39 is 11.5 Å². The molecule has 2 fully saturated rings. The molecule has 6 atom stereocenters. The second kappa shape index (κ2) is 5.14. The molecule has 3 aliphatic rings. The molecule has 3 aliphatic carbocycles. The van der Waals surface area contributed by atoms with Crippen LogP contribution >= 0.6 is 0 Å². The molecule has 0 spiro atoms. The topological polar surface area (TPSA) is 54.4 Å². The second-order valence-corrected chi connectivity index (χ2v) is 8.62. The Bertz CT molecular complexity index is 600. The van der Waals surface area contributed by atoms with Crippen LogP contribution in [0.25, 0.3) is 0 Å². The Hall–Kier alpha value is -1.22. The van der Waals surface area contributed by atoms with Crippen LogP contribution < -0.4 is 0 Å². The Kier molecular flexibility index (Phi) is 3.72. The van der Waals surface area contributed by atoms with Gasteiger partial charge in [-0.3, -0.25) is 9.59 Å². The maximum atomic E-state index is 12.9. The minimum atomic E-state index is -0.946. The molecule has 3 nitrogen and oxygen atoms in total. The van der Waals surface area contributed by atoms with Gasteiger partial charge in [0.1, 0.15) is 6.10 Å². The zero-order valence-electron chi connectivity index (χ0n) is 14.6. The zero-order valence-corrected chi connectivity index (χ0v) is 14.6. The van der Waals surface area contributed by atoms with Crippen LogP contribution in [-0.4, -0.2) is 22.8 Å². The van der Waals surface area contributed by atoms with Gasteiger partial charge in [-0.2, -0.15) is 0 Å². The first kappa shape index (κ1) is 16.6. The molecule has 0 aromatic carbocycles. The van der Waals surface area contributed by atoms with Crippen LogP contribution in [0.15, 0.2) is 24.3 Å². The fraction of sp³-hybridized carbons (Fsp3) is 0.700. The Balaban J connectivity index is 2.08. The average Bonchev–Trinajstić information content (AvgIpc) is 2.47. The van der Waals surface area contributed by atoms with E-state index >= 15 is 0 Å². The van der Waals surface area contributed by atoms with Crippen molar-refractivity contribution < 1.29 is 14.7 Å². The lowest BCUT2D eigenvalue weighted by atomic mass is 9.43. The number of ketones is 2. The van der Waals surface area contributed by atoms with Crippen LogP contribution in [0.2, 0.25) is 0 Å². The van der Waals surface area contributed by atoms with E-state index in [0.29, 0.717) is 12.3 Å². The Morgan fingerprint density at radius 1 is 1.26 bits per heavy atom. The van der Waals surface area contributed by atoms with Gasteiger partial charge in [0.15, 0.2) is 11.6 Å². The summed E-state index contributed by atoms with van der Waals surface area (Å²) < 4.78 is 0. The Labute approximate surface area is 138 Å². The van der Waals surface area contributed by atoms with E-state index in [-0.39, 0.29) is 34.7 Å². The molecule has 0 bridgehead atoms. The van der Waals surface area contributed by atoms with Crippen LogP contribution in [0.5, 0.6) is 0 Å². The fourth-order valence-electron chi connectivity index (χ4n) is 6.08. The van der Waals surface area contributed by atoms with Crippen molar-refractivity contribution in [3.8, 4) is 0 Å². The third kappa shape index (κ3) is 2.12. The van der Waals surface area contributed by atoms with E-state index in [2.05, 4.69) is 20.4 Å². The van der Waals surface area contributed by atoms with Crippen LogP contribution in [0.4, 0.5) is 0 Å². The van der Waals surface area contributed by atoms with E-state index in [0.717, 1.165) is 18.4 Å². The quantitative estimate of drug-likeness (QED) is 0.807. The molecular weight excluding hydrogens is 288 g/mol. The lowest BCUT2D eigenvalue weighted by Gasteiger charge is -2.60. The predicted molar refractivity (Wildman–Crippen MR) is 89.7 cm³/mol. The number of aliphatic hydroxyl groups is 1. The molecule has 0 radical (unpaired) electrons. The first-order chi connectivity index (χ1) is 10.6. The third-order valence-corrected chi connectivity index (χ3v) is 7.18. The Morgan fingerprint density at radius 3 is 2.52 bits per heavy atom. The number of allylic oxidation sites excluding steroid dienone is 3. The van der Waals surface area contributed by atoms with Crippen LogP contribution in [0.3, 0.4) is 0 Å². The summed E-state index contributed by atoms with van der Waals surface area (Å²) >= 11 is 0. The summed E-state index contributed by atoms with van der Waals surface area (Å²) in [5, 5.41) is 10.4. The number of rotatable bonds is 1. The molecule has 2 saturated carbocycles. The lowest BCUT2D eigenvalue weighted by Crippen LogP contribution is -2.61. The highest BCUT2D eigenvalue weighted by Crippen LogP contribution is 2.62. The standard InChI is InChI=1S/C20H28O3/c1-6-12-9-14(21)17-13(11(12)2)7-8-16-19(3,4)18(23)15(22)10-20(16,17)5/h6,9,11,13,15-17,22H,1,7-8,10H2,2-5H3/t11-,13+,15+,16+,17-,20+/m1/s1. The predicted octanol–water partition coefficient (Wildman–Crippen LogP) is 3.33. The van der Waals surface area contributed by atoms with Gasteiger partial charge in [-0.25, -0.2) is 0 Å². The summed E-state index contributed by atoms with van der Waals surface area (Å²) in [6.45, 7) is 12.0. The SMILES string of the molecule is C=CC1=CC(=O)[C@H]2[C@@H](CC[C@H]3C(C)(C)C(=O)[C@@H](O)C[C@]23C)[C@@H]1C. The first-order valence-electron chi connectivity index (χ1n) is 8.75. The third-order valence-electron chi connectivity index (χ3n) is 7.18. The molecule has 126 valence electrons. The van der Waals surface area contributed by atoms with E-state index in [1.807, 2.05) is 13.8 Å². The van der Waals surface area contributed by atoms with E-state index in [9.17, 15) is 14.7 Å². The van der Waals surface area contributed by atoms with Gasteiger partial charge in [-0.05, 0) is 54.1 Å². The number of carbonyl (C=O) groups excluding carboxylic acids is 2. The van der Waals surface area contributed by atoms with Gasteiger partial charge < -0.3 is 5.11 Å². The second-order valence-electron chi connectivity index (χ2n) is 8.62. The maximum Gasteiger partial charge on any atom is 0.167 e. The number of hydrogen-bond acceptors (Lipinski definition) is 3. The van der Waals surface area contributed by atoms with Crippen molar-refractivity contribution in [2.45, 2.75) is 53.1 Å². The summed E-state index contributed by atoms with van der Waals surface area (Å²) in [7, 11) is 0. The maximum absolute atomic E-state index is 12.9. The van der Waals surface area contributed by atoms with Gasteiger partial charge in [-0.15, -0.1) is 0 Å². The minimum Gasteiger partial charge on any atom is -0.385 e. The van der Waals surface area contributed by atoms with Crippen molar-refractivity contribution in [3.63, 3.8) is 0 Å². The van der Waals surface area contributed by atoms with Gasteiger partial charge in [0.25, 0.3) is 0 Å². The number of carbonyl (C=O) groups is 2. The Morgan fingerprint density at radius 2 is 1.91 bits per heavy atom. The van der Waals surface area contributed by atoms with E-state index in [1.165, 1.54) is 0 Å². The van der Waals surface area contributed by atoms with Crippen molar-refractivity contribution in [2.75, 3.05) is 0 Å². The van der Waals surface area contributed by atoms with Gasteiger partial charge in [0.2, 0.25) is 0 Å². The molecule has 0 heterocycles. The molecule has 0 aromatic rings. The monoisotopic (exact) mass is 316 g/mol. The molecule has 0 amide bonds. The average molecular weight is 316 g/mol. The lowest BCUT2D eigenvalue weighted by molar-refractivity contribution is -0.173. The molecule has 0 aromatic heterocycles. The highest BCUT2D eigenvalue weighted by atomic mass is 16.3. The summed E-state index contributed by atoms with van der Waals surface area (Å²) in [5.74, 6) is 0.761. The smallest absolute Gasteiger partial charge is 0.167 e. The van der Waals surface area contributed by atoms with Crippen molar-refractivity contribution in [3.05, 3.63) is 24.3 Å². The largest absolute Gasteiger partial charge is 0.385 e. The highest BCUT2D eigenvalue weighted by molar-refractivity contribution is 5.96.